The van der Waals surface area contributed by atoms with Crippen LogP contribution in [0.3, 0.4) is 0 Å². The van der Waals surface area contributed by atoms with Crippen molar-refractivity contribution in [1.82, 2.24) is 5.32 Å². The average molecular weight is 384 g/mol. The van der Waals surface area contributed by atoms with Gasteiger partial charge in [0.25, 0.3) is 0 Å². The molecule has 0 unspecified atom stereocenters. The first-order chi connectivity index (χ1) is 8.49. The Morgan fingerprint density at radius 3 is 2.74 bits per heavy atom. The highest BCUT2D eigenvalue weighted by Gasteiger charge is 2.04. The highest BCUT2D eigenvalue weighted by Crippen LogP contribution is 2.14. The normalized spacial score (nSPS) is 10.6. The highest BCUT2D eigenvalue weighted by molar-refractivity contribution is 14.0. The molecule has 0 bridgehead atoms. The first kappa shape index (κ1) is 17.6. The number of anilines is 1. The quantitative estimate of drug-likeness (QED) is 0.318. The molecule has 106 valence electrons. The summed E-state index contributed by atoms with van der Waals surface area (Å²) >= 11 is 0. The van der Waals surface area contributed by atoms with Gasteiger partial charge in [0.15, 0.2) is 5.96 Å². The minimum Gasteiger partial charge on any atom is -0.370 e. The van der Waals surface area contributed by atoms with Crippen LogP contribution in [0.1, 0.15) is 6.92 Å². The number of halogens is 3. The van der Waals surface area contributed by atoms with E-state index in [2.05, 4.69) is 15.6 Å². The lowest BCUT2D eigenvalue weighted by Crippen LogP contribution is -2.27. The summed E-state index contributed by atoms with van der Waals surface area (Å²) in [6, 6.07) is 2.97. The predicted molar refractivity (Wildman–Crippen MR) is 80.6 cm³/mol. The van der Waals surface area contributed by atoms with Crippen molar-refractivity contribution in [2.24, 2.45) is 10.7 Å². The maximum Gasteiger partial charge on any atom is 0.216 e. The van der Waals surface area contributed by atoms with Gasteiger partial charge in [-0.1, -0.05) is 0 Å². The van der Waals surface area contributed by atoms with Gasteiger partial charge in [0.05, 0.1) is 12.2 Å². The van der Waals surface area contributed by atoms with E-state index in [4.69, 9.17) is 5.73 Å². The number of aliphatic imine (C=N–C) groups is 1. The third-order valence-corrected chi connectivity index (χ3v) is 1.96. The number of carbonyl (C=O) groups excluding carboxylic acids is 1. The Hall–Kier alpha value is -1.45. The molecule has 0 heterocycles. The van der Waals surface area contributed by atoms with Gasteiger partial charge in [-0.05, 0) is 12.1 Å². The third kappa shape index (κ3) is 6.89. The van der Waals surface area contributed by atoms with Crippen LogP contribution in [0.2, 0.25) is 0 Å². The number of rotatable bonds is 4. The largest absolute Gasteiger partial charge is 0.370 e. The van der Waals surface area contributed by atoms with Crippen molar-refractivity contribution in [2.45, 2.75) is 6.92 Å². The maximum absolute atomic E-state index is 13.2. The molecule has 4 N–H and O–H groups in total. The number of amides is 1. The van der Waals surface area contributed by atoms with E-state index in [-0.39, 0.29) is 48.1 Å². The Labute approximate surface area is 126 Å². The number of nitrogens with zero attached hydrogens (tertiary/aromatic N) is 1. The Kier molecular flexibility index (Phi) is 7.96. The fraction of sp³-hybridized carbons (Fsp3) is 0.273. The average Bonchev–Trinajstić information content (AvgIpc) is 2.29. The lowest BCUT2D eigenvalue weighted by molar-refractivity contribution is -0.118. The van der Waals surface area contributed by atoms with E-state index in [1.54, 1.807) is 0 Å². The van der Waals surface area contributed by atoms with Gasteiger partial charge in [-0.3, -0.25) is 9.79 Å². The molecule has 0 aliphatic rings. The van der Waals surface area contributed by atoms with Crippen LogP contribution in [0.25, 0.3) is 0 Å². The minimum atomic E-state index is -0.628. The van der Waals surface area contributed by atoms with Crippen molar-refractivity contribution in [3.05, 3.63) is 29.8 Å². The lowest BCUT2D eigenvalue weighted by atomic mass is 10.3. The Morgan fingerprint density at radius 1 is 1.42 bits per heavy atom. The van der Waals surface area contributed by atoms with Crippen LogP contribution in [-0.2, 0) is 4.79 Å². The van der Waals surface area contributed by atoms with E-state index in [9.17, 15) is 13.6 Å². The van der Waals surface area contributed by atoms with Crippen LogP contribution >= 0.6 is 24.0 Å². The van der Waals surface area contributed by atoms with Crippen LogP contribution in [-0.4, -0.2) is 25.0 Å². The van der Waals surface area contributed by atoms with E-state index >= 15 is 0 Å². The van der Waals surface area contributed by atoms with Crippen molar-refractivity contribution >= 4 is 41.5 Å². The summed E-state index contributed by atoms with van der Waals surface area (Å²) in [7, 11) is 0. The summed E-state index contributed by atoms with van der Waals surface area (Å²) in [5.74, 6) is -1.43. The fourth-order valence-electron chi connectivity index (χ4n) is 1.18. The monoisotopic (exact) mass is 384 g/mol. The summed E-state index contributed by atoms with van der Waals surface area (Å²) in [4.78, 5) is 14.4. The zero-order chi connectivity index (χ0) is 13.5. The molecule has 5 nitrogen and oxygen atoms in total. The first-order valence-corrected chi connectivity index (χ1v) is 5.25. The number of guanidine groups is 1. The van der Waals surface area contributed by atoms with Gasteiger partial charge in [0.1, 0.15) is 11.6 Å². The van der Waals surface area contributed by atoms with Crippen molar-refractivity contribution in [3.63, 3.8) is 0 Å². The van der Waals surface area contributed by atoms with Crippen LogP contribution in [0.15, 0.2) is 23.2 Å². The van der Waals surface area contributed by atoms with Crippen molar-refractivity contribution in [1.29, 1.82) is 0 Å². The van der Waals surface area contributed by atoms with Crippen molar-refractivity contribution in [3.8, 4) is 0 Å². The second kappa shape index (κ2) is 8.62. The Morgan fingerprint density at radius 2 is 2.11 bits per heavy atom. The van der Waals surface area contributed by atoms with E-state index in [1.165, 1.54) is 6.92 Å². The number of hydrogen-bond donors (Lipinski definition) is 3. The molecule has 0 spiro atoms. The topological polar surface area (TPSA) is 79.5 Å². The fourth-order valence-corrected chi connectivity index (χ4v) is 1.18. The SMILES string of the molecule is CC(=O)NCCN=C(N)Nc1cc(F)ccc1F.I. The summed E-state index contributed by atoms with van der Waals surface area (Å²) in [5, 5.41) is 4.96. The lowest BCUT2D eigenvalue weighted by Gasteiger charge is -2.07. The summed E-state index contributed by atoms with van der Waals surface area (Å²) in [5.41, 5.74) is 5.39. The van der Waals surface area contributed by atoms with Crippen molar-refractivity contribution < 1.29 is 13.6 Å². The van der Waals surface area contributed by atoms with E-state index in [0.29, 0.717) is 6.54 Å². The highest BCUT2D eigenvalue weighted by atomic mass is 127. The smallest absolute Gasteiger partial charge is 0.216 e. The van der Waals surface area contributed by atoms with E-state index in [1.807, 2.05) is 0 Å². The molecule has 0 atom stereocenters. The molecule has 0 aromatic heterocycles. The standard InChI is InChI=1S/C11H14F2N4O.HI/c1-7(18)15-4-5-16-11(14)17-10-6-8(12)2-3-9(10)13;/h2-3,6H,4-5H2,1H3,(H,15,18)(H3,14,16,17);1H. The zero-order valence-corrected chi connectivity index (χ0v) is 12.6. The Balaban J connectivity index is 0.00000324. The number of nitrogens with two attached hydrogens (primary N) is 1. The predicted octanol–water partition coefficient (Wildman–Crippen LogP) is 1.45. The molecule has 1 aromatic carbocycles. The summed E-state index contributed by atoms with van der Waals surface area (Å²) in [6.07, 6.45) is 0. The number of hydrogen-bond acceptors (Lipinski definition) is 2. The summed E-state index contributed by atoms with van der Waals surface area (Å²) < 4.78 is 26.1. The molecule has 8 heteroatoms. The molecule has 0 saturated carbocycles. The van der Waals surface area contributed by atoms with Gasteiger partial charge in [0.2, 0.25) is 5.91 Å². The van der Waals surface area contributed by atoms with Crippen LogP contribution in [0.4, 0.5) is 14.5 Å². The van der Waals surface area contributed by atoms with Gasteiger partial charge in [-0.15, -0.1) is 24.0 Å². The van der Waals surface area contributed by atoms with E-state index < -0.39 is 11.6 Å². The summed E-state index contributed by atoms with van der Waals surface area (Å²) in [6.45, 7) is 1.95. The molecule has 0 fully saturated rings. The number of nitrogens with one attached hydrogen (secondary N) is 2. The number of carbonyl (C=O) groups is 1. The van der Waals surface area contributed by atoms with Gasteiger partial charge < -0.3 is 16.4 Å². The van der Waals surface area contributed by atoms with Crippen molar-refractivity contribution in [2.75, 3.05) is 18.4 Å². The molecule has 0 saturated heterocycles. The molecule has 0 aliphatic carbocycles. The molecule has 19 heavy (non-hydrogen) atoms. The second-order valence-corrected chi connectivity index (χ2v) is 3.50. The molecule has 0 aliphatic heterocycles. The third-order valence-electron chi connectivity index (χ3n) is 1.96. The molecule has 1 aromatic rings. The van der Waals surface area contributed by atoms with Gasteiger partial charge >= 0.3 is 0 Å². The Bertz CT molecular complexity index is 468. The van der Waals surface area contributed by atoms with Gasteiger partial charge in [0, 0.05) is 19.5 Å². The van der Waals surface area contributed by atoms with Crippen LogP contribution < -0.4 is 16.4 Å². The minimum absolute atomic E-state index is 0. The molecule has 1 amide bonds. The van der Waals surface area contributed by atoms with Crippen LogP contribution in [0, 0.1) is 11.6 Å². The number of benzene rings is 1. The zero-order valence-electron chi connectivity index (χ0n) is 10.2. The van der Waals surface area contributed by atoms with Gasteiger partial charge in [-0.2, -0.15) is 0 Å². The van der Waals surface area contributed by atoms with Gasteiger partial charge in [-0.25, -0.2) is 8.78 Å². The molecular formula is C11H15F2IN4O. The van der Waals surface area contributed by atoms with Crippen LogP contribution in [0.5, 0.6) is 0 Å². The molecule has 0 radical (unpaired) electrons. The molecular weight excluding hydrogens is 369 g/mol. The molecule has 1 rings (SSSR count). The first-order valence-electron chi connectivity index (χ1n) is 5.25. The maximum atomic E-state index is 13.2. The second-order valence-electron chi connectivity index (χ2n) is 3.50. The van der Waals surface area contributed by atoms with E-state index in [0.717, 1.165) is 18.2 Å².